The Morgan fingerprint density at radius 2 is 1.82 bits per heavy atom. The molecular formula is C24H32N4O5S. The minimum atomic E-state index is -0.768. The van der Waals surface area contributed by atoms with Gasteiger partial charge in [-0.15, -0.1) is 11.3 Å². The summed E-state index contributed by atoms with van der Waals surface area (Å²) in [5.41, 5.74) is 1.24. The average molecular weight is 489 g/mol. The molecule has 3 aromatic rings. The lowest BCUT2D eigenvalue weighted by Crippen LogP contribution is -2.35. The third-order valence-electron chi connectivity index (χ3n) is 4.54. The number of carbonyl (C=O) groups is 2. The third-order valence-corrected chi connectivity index (χ3v) is 5.42. The molecule has 0 spiro atoms. The summed E-state index contributed by atoms with van der Waals surface area (Å²) >= 11 is 1.45. The molecule has 1 amide bonds. The van der Waals surface area contributed by atoms with Crippen molar-refractivity contribution >= 4 is 39.6 Å². The van der Waals surface area contributed by atoms with Gasteiger partial charge in [0.05, 0.1) is 11.7 Å². The van der Waals surface area contributed by atoms with Crippen LogP contribution < -0.4 is 15.4 Å². The van der Waals surface area contributed by atoms with Crippen LogP contribution in [0.3, 0.4) is 0 Å². The van der Waals surface area contributed by atoms with Gasteiger partial charge in [-0.1, -0.05) is 0 Å². The molecule has 0 saturated heterocycles. The van der Waals surface area contributed by atoms with Crippen molar-refractivity contribution in [1.82, 2.24) is 15.3 Å². The van der Waals surface area contributed by atoms with Crippen molar-refractivity contribution in [3.05, 3.63) is 41.0 Å². The Kier molecular flexibility index (Phi) is 7.40. The van der Waals surface area contributed by atoms with Crippen molar-refractivity contribution in [2.24, 2.45) is 0 Å². The molecule has 3 N–H and O–H groups in total. The number of rotatable bonds is 6. The van der Waals surface area contributed by atoms with Crippen molar-refractivity contribution in [2.75, 3.05) is 12.4 Å². The molecule has 0 aliphatic carbocycles. The molecule has 34 heavy (non-hydrogen) atoms. The smallest absolute Gasteiger partial charge is 0.444 e. The Hall–Kier alpha value is -3.27. The number of anilines is 1. The molecule has 0 bridgehead atoms. The van der Waals surface area contributed by atoms with Gasteiger partial charge >= 0.3 is 12.2 Å². The van der Waals surface area contributed by atoms with Crippen LogP contribution >= 0.6 is 11.3 Å². The topological polar surface area (TPSA) is 115 Å². The van der Waals surface area contributed by atoms with Crippen LogP contribution in [-0.4, -0.2) is 40.5 Å². The van der Waals surface area contributed by atoms with Gasteiger partial charge in [-0.2, -0.15) is 0 Å². The fourth-order valence-electron chi connectivity index (χ4n) is 3.22. The van der Waals surface area contributed by atoms with Crippen LogP contribution in [0.15, 0.2) is 29.8 Å². The zero-order chi connectivity index (χ0) is 25.1. The molecule has 184 valence electrons. The molecule has 10 heteroatoms. The Bertz CT molecular complexity index is 1160. The van der Waals surface area contributed by atoms with Gasteiger partial charge in [0, 0.05) is 35.9 Å². The minimum absolute atomic E-state index is 0.366. The number of nitrogens with zero attached hydrogens (tertiary/aromatic N) is 1. The molecule has 1 aromatic carbocycles. The summed E-state index contributed by atoms with van der Waals surface area (Å²) in [5.74, 6) is 0.366. The SMILES string of the molecule is CNc1nc(C(Cc2c[nH]c3ccc(OC(=O)OC(C)(C)C)cc23)NC(=O)OC(C)(C)C)cs1. The Labute approximate surface area is 203 Å². The van der Waals surface area contributed by atoms with Gasteiger partial charge in [0.25, 0.3) is 0 Å². The van der Waals surface area contributed by atoms with E-state index in [1.54, 1.807) is 40.0 Å². The predicted molar refractivity (Wildman–Crippen MR) is 133 cm³/mol. The first-order chi connectivity index (χ1) is 15.8. The molecule has 0 radical (unpaired) electrons. The van der Waals surface area contributed by atoms with Crippen molar-refractivity contribution in [1.29, 1.82) is 0 Å². The number of hydrogen-bond acceptors (Lipinski definition) is 8. The lowest BCUT2D eigenvalue weighted by molar-refractivity contribution is 0.0206. The van der Waals surface area contributed by atoms with Crippen LogP contribution in [0.1, 0.15) is 58.8 Å². The number of H-pyrrole nitrogens is 1. The summed E-state index contributed by atoms with van der Waals surface area (Å²) in [4.78, 5) is 32.4. The fraction of sp³-hybridized carbons (Fsp3) is 0.458. The van der Waals surface area contributed by atoms with Gasteiger partial charge in [0.1, 0.15) is 17.0 Å². The van der Waals surface area contributed by atoms with Crippen molar-refractivity contribution in [2.45, 2.75) is 65.2 Å². The highest BCUT2D eigenvalue weighted by Crippen LogP contribution is 2.29. The van der Waals surface area contributed by atoms with E-state index in [-0.39, 0.29) is 0 Å². The summed E-state index contributed by atoms with van der Waals surface area (Å²) < 4.78 is 16.1. The second kappa shape index (κ2) is 9.92. The van der Waals surface area contributed by atoms with Gasteiger partial charge in [-0.3, -0.25) is 0 Å². The molecule has 3 rings (SSSR count). The first-order valence-electron chi connectivity index (χ1n) is 11.0. The molecule has 0 aliphatic heterocycles. The maximum atomic E-state index is 12.5. The zero-order valence-corrected chi connectivity index (χ0v) is 21.4. The highest BCUT2D eigenvalue weighted by Gasteiger charge is 2.24. The maximum Gasteiger partial charge on any atom is 0.514 e. The van der Waals surface area contributed by atoms with Crippen LogP contribution in [0.25, 0.3) is 10.9 Å². The van der Waals surface area contributed by atoms with Gasteiger partial charge in [-0.25, -0.2) is 14.6 Å². The van der Waals surface area contributed by atoms with E-state index in [2.05, 4.69) is 20.6 Å². The molecule has 0 saturated carbocycles. The van der Waals surface area contributed by atoms with Crippen LogP contribution in [0.2, 0.25) is 0 Å². The Morgan fingerprint density at radius 1 is 1.12 bits per heavy atom. The van der Waals surface area contributed by atoms with Crippen LogP contribution in [-0.2, 0) is 15.9 Å². The lowest BCUT2D eigenvalue weighted by atomic mass is 10.0. The fourth-order valence-corrected chi connectivity index (χ4v) is 3.94. The number of carbonyl (C=O) groups excluding carboxylic acids is 2. The number of hydrogen-bond donors (Lipinski definition) is 3. The molecule has 0 fully saturated rings. The van der Waals surface area contributed by atoms with Crippen LogP contribution in [0.4, 0.5) is 14.7 Å². The van der Waals surface area contributed by atoms with E-state index in [1.165, 1.54) is 11.3 Å². The number of fused-ring (bicyclic) bond motifs is 1. The first-order valence-corrected chi connectivity index (χ1v) is 11.8. The summed E-state index contributed by atoms with van der Waals surface area (Å²) in [6.07, 6.45) is 1.03. The van der Waals surface area contributed by atoms with E-state index >= 15 is 0 Å². The minimum Gasteiger partial charge on any atom is -0.444 e. The number of benzene rings is 1. The van der Waals surface area contributed by atoms with E-state index in [1.807, 2.05) is 38.4 Å². The van der Waals surface area contributed by atoms with E-state index in [0.717, 1.165) is 27.3 Å². The second-order valence-corrected chi connectivity index (χ2v) is 10.7. The Balaban J connectivity index is 1.86. The molecular weight excluding hydrogens is 456 g/mol. The molecule has 1 unspecified atom stereocenters. The number of alkyl carbamates (subject to hydrolysis) is 1. The maximum absolute atomic E-state index is 12.5. The van der Waals surface area contributed by atoms with Gasteiger partial charge < -0.3 is 29.8 Å². The predicted octanol–water partition coefficient (Wildman–Crippen LogP) is 5.79. The van der Waals surface area contributed by atoms with Crippen molar-refractivity contribution in [3.63, 3.8) is 0 Å². The zero-order valence-electron chi connectivity index (χ0n) is 20.6. The van der Waals surface area contributed by atoms with Gasteiger partial charge in [0.2, 0.25) is 0 Å². The summed E-state index contributed by atoms with van der Waals surface area (Å²) in [6.45, 7) is 10.8. The van der Waals surface area contributed by atoms with Crippen LogP contribution in [0, 0.1) is 0 Å². The third kappa shape index (κ3) is 7.11. The normalized spacial score (nSPS) is 12.8. The number of amides is 1. The van der Waals surface area contributed by atoms with Crippen LogP contribution in [0.5, 0.6) is 5.75 Å². The molecule has 1 atom stereocenters. The number of aromatic nitrogens is 2. The van der Waals surface area contributed by atoms with Gasteiger partial charge in [0.15, 0.2) is 5.13 Å². The summed E-state index contributed by atoms with van der Waals surface area (Å²) in [6, 6.07) is 4.87. The largest absolute Gasteiger partial charge is 0.514 e. The van der Waals surface area contributed by atoms with Crippen molar-refractivity contribution in [3.8, 4) is 5.75 Å². The standard InChI is InChI=1S/C24H32N4O5S/c1-23(2,3)32-21(29)28-18(19-13-34-20(25-7)27-19)10-14-12-26-17-9-8-15(11-16(14)17)31-22(30)33-24(4,5)6/h8-9,11-13,18,26H,10H2,1-7H3,(H,25,27)(H,28,29). The highest BCUT2D eigenvalue weighted by atomic mass is 32.1. The summed E-state index contributed by atoms with van der Waals surface area (Å²) in [5, 5.41) is 9.47. The average Bonchev–Trinajstić information content (AvgIpc) is 3.31. The van der Waals surface area contributed by atoms with Crippen molar-refractivity contribution < 1.29 is 23.8 Å². The Morgan fingerprint density at radius 3 is 2.44 bits per heavy atom. The van der Waals surface area contributed by atoms with E-state index in [9.17, 15) is 9.59 Å². The number of aromatic amines is 1. The summed E-state index contributed by atoms with van der Waals surface area (Å²) in [7, 11) is 1.80. The van der Waals surface area contributed by atoms with Gasteiger partial charge in [-0.05, 0) is 65.3 Å². The van der Waals surface area contributed by atoms with E-state index < -0.39 is 29.5 Å². The monoisotopic (exact) mass is 488 g/mol. The highest BCUT2D eigenvalue weighted by molar-refractivity contribution is 7.13. The molecule has 2 aromatic heterocycles. The number of nitrogens with one attached hydrogen (secondary N) is 3. The number of ether oxygens (including phenoxy) is 3. The molecule has 0 aliphatic rings. The molecule has 9 nitrogen and oxygen atoms in total. The lowest BCUT2D eigenvalue weighted by Gasteiger charge is -2.23. The second-order valence-electron chi connectivity index (χ2n) is 9.82. The first kappa shape index (κ1) is 25.4. The quantitative estimate of drug-likeness (QED) is 0.297. The number of thiazole rings is 1. The molecule has 2 heterocycles. The van der Waals surface area contributed by atoms with E-state index in [4.69, 9.17) is 14.2 Å². The van der Waals surface area contributed by atoms with E-state index in [0.29, 0.717) is 12.2 Å².